The molecule has 0 aromatic carbocycles. The van der Waals surface area contributed by atoms with Crippen LogP contribution in [-0.4, -0.2) is 38.9 Å². The van der Waals surface area contributed by atoms with Gasteiger partial charge >= 0.3 is 6.03 Å². The Balaban J connectivity index is 1.37. The van der Waals surface area contributed by atoms with E-state index in [1.807, 2.05) is 0 Å². The van der Waals surface area contributed by atoms with E-state index in [4.69, 9.17) is 0 Å². The molecule has 0 aliphatic heterocycles. The summed E-state index contributed by atoms with van der Waals surface area (Å²) in [5, 5.41) is 12.7. The minimum Gasteiger partial charge on any atom is -0.335 e. The van der Waals surface area contributed by atoms with Crippen LogP contribution in [0.15, 0.2) is 5.16 Å². The second-order valence-electron chi connectivity index (χ2n) is 5.57. The minimum absolute atomic E-state index is 0.139. The van der Waals surface area contributed by atoms with Crippen molar-refractivity contribution in [2.45, 2.75) is 55.6 Å². The molecule has 0 radical (unpaired) electrons. The van der Waals surface area contributed by atoms with Gasteiger partial charge in [0.1, 0.15) is 5.82 Å². The number of amides is 3. The quantitative estimate of drug-likeness (QED) is 0.716. The van der Waals surface area contributed by atoms with E-state index in [-0.39, 0.29) is 17.7 Å². The van der Waals surface area contributed by atoms with Gasteiger partial charge in [0.15, 0.2) is 0 Å². The summed E-state index contributed by atoms with van der Waals surface area (Å²) < 4.78 is 0. The highest BCUT2D eigenvalue weighted by molar-refractivity contribution is 7.99. The monoisotopic (exact) mass is 309 g/mol. The molecule has 8 heteroatoms. The Bertz CT molecular complexity index is 522. The molecule has 1 aromatic rings. The molecule has 0 bridgehead atoms. The van der Waals surface area contributed by atoms with Crippen LogP contribution < -0.4 is 10.6 Å². The van der Waals surface area contributed by atoms with Crippen LogP contribution in [0.3, 0.4) is 0 Å². The number of hydrogen-bond donors (Lipinski definition) is 3. The van der Waals surface area contributed by atoms with Crippen molar-refractivity contribution < 1.29 is 9.59 Å². The molecule has 2 aliphatic rings. The maximum atomic E-state index is 11.7. The summed E-state index contributed by atoms with van der Waals surface area (Å²) in [4.78, 5) is 27.7. The summed E-state index contributed by atoms with van der Waals surface area (Å²) in [6, 6.07) is -0.194. The highest BCUT2D eigenvalue weighted by Crippen LogP contribution is 2.38. The summed E-state index contributed by atoms with van der Waals surface area (Å²) in [6.45, 7) is 0. The number of carbonyl (C=O) groups excluding carboxylic acids is 2. The molecule has 2 aliphatic carbocycles. The van der Waals surface area contributed by atoms with E-state index in [1.54, 1.807) is 0 Å². The van der Waals surface area contributed by atoms with Crippen molar-refractivity contribution in [3.63, 3.8) is 0 Å². The molecule has 1 aromatic heterocycles. The van der Waals surface area contributed by atoms with Crippen LogP contribution in [-0.2, 0) is 4.79 Å². The summed E-state index contributed by atoms with van der Waals surface area (Å²) >= 11 is 1.23. The van der Waals surface area contributed by atoms with Crippen molar-refractivity contribution in [3.8, 4) is 0 Å². The number of nitrogens with one attached hydrogen (secondary N) is 3. The van der Waals surface area contributed by atoms with Crippen LogP contribution in [0.4, 0.5) is 4.79 Å². The van der Waals surface area contributed by atoms with Crippen LogP contribution in [0.5, 0.6) is 0 Å². The van der Waals surface area contributed by atoms with Gasteiger partial charge in [-0.05, 0) is 25.7 Å². The first kappa shape index (κ1) is 14.4. The summed E-state index contributed by atoms with van der Waals surface area (Å²) in [6.07, 6.45) is 6.59. The largest absolute Gasteiger partial charge is 0.335 e. The zero-order valence-corrected chi connectivity index (χ0v) is 12.5. The normalized spacial score (nSPS) is 18.7. The Kier molecular flexibility index (Phi) is 4.42. The predicted molar refractivity (Wildman–Crippen MR) is 78.0 cm³/mol. The SMILES string of the molecule is O=C(CSc1n[nH]c(C2CC2)n1)NC(=O)NC1CCCC1. The molecule has 114 valence electrons. The van der Waals surface area contributed by atoms with Gasteiger partial charge in [-0.25, -0.2) is 9.78 Å². The lowest BCUT2D eigenvalue weighted by Crippen LogP contribution is -2.44. The molecule has 3 rings (SSSR count). The molecular formula is C13H19N5O2S. The lowest BCUT2D eigenvalue weighted by molar-refractivity contribution is -0.117. The van der Waals surface area contributed by atoms with Crippen LogP contribution in [0.25, 0.3) is 0 Å². The Morgan fingerprint density at radius 3 is 2.71 bits per heavy atom. The van der Waals surface area contributed by atoms with E-state index in [2.05, 4.69) is 25.8 Å². The van der Waals surface area contributed by atoms with Gasteiger partial charge in [-0.15, -0.1) is 5.10 Å². The van der Waals surface area contributed by atoms with Crippen molar-refractivity contribution in [2.24, 2.45) is 0 Å². The van der Waals surface area contributed by atoms with Crippen molar-refractivity contribution in [1.82, 2.24) is 25.8 Å². The summed E-state index contributed by atoms with van der Waals surface area (Å²) in [5.41, 5.74) is 0. The number of aromatic amines is 1. The van der Waals surface area contributed by atoms with Gasteiger partial charge in [-0.3, -0.25) is 15.2 Å². The number of carbonyl (C=O) groups is 2. The number of aromatic nitrogens is 3. The molecular weight excluding hydrogens is 290 g/mol. The fraction of sp³-hybridized carbons (Fsp3) is 0.692. The molecule has 0 spiro atoms. The summed E-state index contributed by atoms with van der Waals surface area (Å²) in [5.74, 6) is 1.23. The fourth-order valence-corrected chi connectivity index (χ4v) is 3.05. The Morgan fingerprint density at radius 2 is 2.00 bits per heavy atom. The van der Waals surface area contributed by atoms with Crippen LogP contribution in [0.1, 0.15) is 50.3 Å². The number of imide groups is 1. The third-order valence-electron chi connectivity index (χ3n) is 3.72. The molecule has 3 N–H and O–H groups in total. The number of H-pyrrole nitrogens is 1. The molecule has 2 fully saturated rings. The molecule has 7 nitrogen and oxygen atoms in total. The first-order valence-electron chi connectivity index (χ1n) is 7.36. The average molecular weight is 309 g/mol. The van der Waals surface area contributed by atoms with Gasteiger partial charge in [0, 0.05) is 12.0 Å². The molecule has 21 heavy (non-hydrogen) atoms. The van der Waals surface area contributed by atoms with E-state index in [1.165, 1.54) is 11.8 Å². The highest BCUT2D eigenvalue weighted by atomic mass is 32.2. The van der Waals surface area contributed by atoms with Crippen molar-refractivity contribution >= 4 is 23.7 Å². The Hall–Kier alpha value is -1.57. The Labute approximate surface area is 127 Å². The molecule has 3 amide bonds. The fourth-order valence-electron chi connectivity index (χ4n) is 2.45. The maximum Gasteiger partial charge on any atom is 0.321 e. The van der Waals surface area contributed by atoms with Gasteiger partial charge in [-0.1, -0.05) is 24.6 Å². The summed E-state index contributed by atoms with van der Waals surface area (Å²) in [7, 11) is 0. The van der Waals surface area contributed by atoms with Crippen LogP contribution in [0.2, 0.25) is 0 Å². The number of urea groups is 1. The second kappa shape index (κ2) is 6.46. The zero-order valence-electron chi connectivity index (χ0n) is 11.7. The lowest BCUT2D eigenvalue weighted by Gasteiger charge is -2.11. The number of rotatable bonds is 5. The molecule has 0 saturated heterocycles. The smallest absolute Gasteiger partial charge is 0.321 e. The van der Waals surface area contributed by atoms with E-state index in [0.717, 1.165) is 44.3 Å². The van der Waals surface area contributed by atoms with E-state index in [9.17, 15) is 9.59 Å². The van der Waals surface area contributed by atoms with Crippen molar-refractivity contribution in [2.75, 3.05) is 5.75 Å². The topological polar surface area (TPSA) is 99.8 Å². The molecule has 0 unspecified atom stereocenters. The maximum absolute atomic E-state index is 11.7. The first-order valence-corrected chi connectivity index (χ1v) is 8.34. The first-order chi connectivity index (χ1) is 10.2. The van der Waals surface area contributed by atoms with E-state index < -0.39 is 6.03 Å². The minimum atomic E-state index is -0.402. The Morgan fingerprint density at radius 1 is 1.24 bits per heavy atom. The third kappa shape index (κ3) is 4.20. The molecule has 1 heterocycles. The van der Waals surface area contributed by atoms with E-state index in [0.29, 0.717) is 11.1 Å². The lowest BCUT2D eigenvalue weighted by atomic mass is 10.2. The number of thioether (sulfide) groups is 1. The molecule has 2 saturated carbocycles. The second-order valence-corrected chi connectivity index (χ2v) is 6.51. The van der Waals surface area contributed by atoms with Gasteiger partial charge < -0.3 is 5.32 Å². The van der Waals surface area contributed by atoms with Gasteiger partial charge in [0.05, 0.1) is 5.75 Å². The third-order valence-corrected chi connectivity index (χ3v) is 4.57. The zero-order chi connectivity index (χ0) is 14.7. The van der Waals surface area contributed by atoms with Crippen LogP contribution >= 0.6 is 11.8 Å². The average Bonchev–Trinajstić information content (AvgIpc) is 2.98. The predicted octanol–water partition coefficient (Wildman–Crippen LogP) is 1.54. The standard InChI is InChI=1S/C13H19N5O2S/c19-10(15-12(20)14-9-3-1-2-4-9)7-21-13-16-11(17-18-13)8-5-6-8/h8-9H,1-7H2,(H,16,17,18)(H2,14,15,19,20). The highest BCUT2D eigenvalue weighted by Gasteiger charge is 2.27. The van der Waals surface area contributed by atoms with Gasteiger partial charge in [0.2, 0.25) is 11.1 Å². The van der Waals surface area contributed by atoms with Crippen molar-refractivity contribution in [3.05, 3.63) is 5.82 Å². The van der Waals surface area contributed by atoms with Gasteiger partial charge in [0.25, 0.3) is 0 Å². The number of hydrogen-bond acceptors (Lipinski definition) is 5. The number of nitrogens with zero attached hydrogens (tertiary/aromatic N) is 2. The van der Waals surface area contributed by atoms with E-state index >= 15 is 0 Å². The van der Waals surface area contributed by atoms with Crippen LogP contribution in [0, 0.1) is 0 Å². The van der Waals surface area contributed by atoms with Gasteiger partial charge in [-0.2, -0.15) is 0 Å². The van der Waals surface area contributed by atoms with Crippen molar-refractivity contribution in [1.29, 1.82) is 0 Å². The molecule has 0 atom stereocenters.